The first-order valence-electron chi connectivity index (χ1n) is 12.1. The van der Waals surface area contributed by atoms with E-state index in [0.717, 1.165) is 11.1 Å². The maximum atomic E-state index is 11.7. The standard InChI is InChI=1S/C29H36O8/c1-5-23(30)25(32)15-17-27(34)36-21-11-7-19(8-12-21)29(3,4)20-9-13-22(14-10-20)37-28(35)18-16-26(33)24(31)6-2/h5-14,27-28,30-31,34-35H,15-18H2,1-4H3. The van der Waals surface area contributed by atoms with Crippen molar-refractivity contribution in [1.82, 2.24) is 0 Å². The van der Waals surface area contributed by atoms with Crippen molar-refractivity contribution in [2.45, 2.75) is 71.4 Å². The lowest BCUT2D eigenvalue weighted by molar-refractivity contribution is -0.120. The topological polar surface area (TPSA) is 134 Å². The summed E-state index contributed by atoms with van der Waals surface area (Å²) in [6, 6.07) is 14.5. The Balaban J connectivity index is 1.95. The van der Waals surface area contributed by atoms with Crippen LogP contribution in [0.15, 0.2) is 72.2 Å². The van der Waals surface area contributed by atoms with Crippen molar-refractivity contribution < 1.29 is 39.5 Å². The van der Waals surface area contributed by atoms with Gasteiger partial charge in [-0.15, -0.1) is 0 Å². The molecule has 2 aromatic carbocycles. The van der Waals surface area contributed by atoms with Crippen molar-refractivity contribution in [2.75, 3.05) is 0 Å². The first-order valence-corrected chi connectivity index (χ1v) is 12.1. The molecule has 2 rings (SSSR count). The first-order chi connectivity index (χ1) is 17.5. The Bertz CT molecular complexity index is 1010. The number of allylic oxidation sites excluding steroid dienone is 4. The van der Waals surface area contributed by atoms with Crippen molar-refractivity contribution in [2.24, 2.45) is 0 Å². The molecule has 0 saturated carbocycles. The van der Waals surface area contributed by atoms with E-state index in [1.165, 1.54) is 12.2 Å². The fourth-order valence-electron chi connectivity index (χ4n) is 3.59. The Kier molecular flexibility index (Phi) is 10.9. The summed E-state index contributed by atoms with van der Waals surface area (Å²) in [6.07, 6.45) is 0.315. The molecule has 8 nitrogen and oxygen atoms in total. The van der Waals surface area contributed by atoms with Gasteiger partial charge in [-0.05, 0) is 61.4 Å². The van der Waals surface area contributed by atoms with Crippen LogP contribution >= 0.6 is 0 Å². The number of aliphatic hydroxyl groups excluding tert-OH is 4. The Labute approximate surface area is 217 Å². The van der Waals surface area contributed by atoms with E-state index in [9.17, 15) is 30.0 Å². The van der Waals surface area contributed by atoms with Crippen LogP contribution in [-0.2, 0) is 15.0 Å². The van der Waals surface area contributed by atoms with Gasteiger partial charge in [0.25, 0.3) is 0 Å². The van der Waals surface area contributed by atoms with Gasteiger partial charge in [-0.2, -0.15) is 0 Å². The highest BCUT2D eigenvalue weighted by atomic mass is 16.6. The zero-order valence-electron chi connectivity index (χ0n) is 21.7. The molecule has 2 unspecified atom stereocenters. The van der Waals surface area contributed by atoms with Gasteiger partial charge in [0.2, 0.25) is 0 Å². The quantitative estimate of drug-likeness (QED) is 0.157. The Hall–Kier alpha value is -3.62. The molecule has 4 N–H and O–H groups in total. The molecule has 0 fully saturated rings. The molecule has 37 heavy (non-hydrogen) atoms. The zero-order chi connectivity index (χ0) is 27.6. The van der Waals surface area contributed by atoms with Gasteiger partial charge in [0, 0.05) is 31.1 Å². The molecule has 0 aliphatic carbocycles. The van der Waals surface area contributed by atoms with Crippen LogP contribution in [0.5, 0.6) is 11.5 Å². The molecule has 0 aliphatic heterocycles. The van der Waals surface area contributed by atoms with Crippen LogP contribution in [0.25, 0.3) is 0 Å². The number of hydrogen-bond acceptors (Lipinski definition) is 8. The van der Waals surface area contributed by atoms with Crippen LogP contribution in [0.4, 0.5) is 0 Å². The second kappa shape index (κ2) is 13.6. The summed E-state index contributed by atoms with van der Waals surface area (Å²) >= 11 is 0. The Morgan fingerprint density at radius 3 is 1.35 bits per heavy atom. The molecule has 0 spiro atoms. The van der Waals surface area contributed by atoms with E-state index in [-0.39, 0.29) is 42.6 Å². The summed E-state index contributed by atoms with van der Waals surface area (Å²) in [7, 11) is 0. The molecule has 0 heterocycles. The molecule has 8 heteroatoms. The minimum atomic E-state index is -1.18. The van der Waals surface area contributed by atoms with Gasteiger partial charge in [0.1, 0.15) is 11.5 Å². The number of rotatable bonds is 14. The second-order valence-corrected chi connectivity index (χ2v) is 9.09. The molecule has 0 aromatic heterocycles. The third-order valence-electron chi connectivity index (χ3n) is 6.05. The summed E-state index contributed by atoms with van der Waals surface area (Å²) in [5, 5.41) is 38.9. The smallest absolute Gasteiger partial charge is 0.197 e. The van der Waals surface area contributed by atoms with Gasteiger partial charge < -0.3 is 29.9 Å². The van der Waals surface area contributed by atoms with Crippen LogP contribution < -0.4 is 9.47 Å². The van der Waals surface area contributed by atoms with Gasteiger partial charge in [-0.3, -0.25) is 9.59 Å². The normalized spacial score (nSPS) is 14.1. The molecule has 0 bridgehead atoms. The minimum absolute atomic E-state index is 0.0306. The number of benzene rings is 2. The van der Waals surface area contributed by atoms with Crippen molar-refractivity contribution >= 4 is 11.6 Å². The van der Waals surface area contributed by atoms with E-state index in [1.807, 2.05) is 24.3 Å². The third-order valence-corrected chi connectivity index (χ3v) is 6.05. The van der Waals surface area contributed by atoms with Crippen LogP contribution in [-0.4, -0.2) is 44.6 Å². The van der Waals surface area contributed by atoms with E-state index < -0.39 is 24.1 Å². The second-order valence-electron chi connectivity index (χ2n) is 9.09. The molecule has 2 aromatic rings. The average Bonchev–Trinajstić information content (AvgIpc) is 2.89. The number of ether oxygens (including phenoxy) is 2. The molecular weight excluding hydrogens is 476 g/mol. The third kappa shape index (κ3) is 8.77. The van der Waals surface area contributed by atoms with Crippen LogP contribution in [0.2, 0.25) is 0 Å². The van der Waals surface area contributed by atoms with Gasteiger partial charge in [0.05, 0.1) is 0 Å². The predicted molar refractivity (Wildman–Crippen MR) is 140 cm³/mol. The molecular formula is C29H36O8. The Morgan fingerprint density at radius 1 is 0.730 bits per heavy atom. The molecule has 0 amide bonds. The van der Waals surface area contributed by atoms with E-state index in [1.54, 1.807) is 38.1 Å². The maximum Gasteiger partial charge on any atom is 0.197 e. The molecule has 2 atom stereocenters. The number of aliphatic hydroxyl groups is 4. The monoisotopic (exact) mass is 512 g/mol. The minimum Gasteiger partial charge on any atom is -0.505 e. The summed E-state index contributed by atoms with van der Waals surface area (Å²) in [5.74, 6) is -0.650. The number of ketones is 2. The lowest BCUT2D eigenvalue weighted by atomic mass is 9.78. The maximum absolute atomic E-state index is 11.7. The van der Waals surface area contributed by atoms with Crippen molar-refractivity contribution in [3.63, 3.8) is 0 Å². The fraction of sp³-hybridized carbons (Fsp3) is 0.379. The summed E-state index contributed by atoms with van der Waals surface area (Å²) in [4.78, 5) is 23.3. The summed E-state index contributed by atoms with van der Waals surface area (Å²) in [5.41, 5.74) is 1.62. The lowest BCUT2D eigenvalue weighted by Gasteiger charge is -2.27. The highest BCUT2D eigenvalue weighted by Gasteiger charge is 2.23. The largest absolute Gasteiger partial charge is 0.505 e. The summed E-state index contributed by atoms with van der Waals surface area (Å²) in [6.45, 7) is 7.23. The van der Waals surface area contributed by atoms with Crippen LogP contribution in [0, 0.1) is 0 Å². The number of hydrogen-bond donors (Lipinski definition) is 4. The van der Waals surface area contributed by atoms with Crippen LogP contribution in [0.3, 0.4) is 0 Å². The molecule has 0 aliphatic rings. The molecule has 0 saturated heterocycles. The lowest BCUT2D eigenvalue weighted by Crippen LogP contribution is -2.20. The van der Waals surface area contributed by atoms with Crippen LogP contribution in [0.1, 0.15) is 64.5 Å². The highest BCUT2D eigenvalue weighted by Crippen LogP contribution is 2.33. The van der Waals surface area contributed by atoms with Gasteiger partial charge in [-0.1, -0.05) is 38.1 Å². The van der Waals surface area contributed by atoms with Crippen molar-refractivity contribution in [3.8, 4) is 11.5 Å². The average molecular weight is 513 g/mol. The van der Waals surface area contributed by atoms with Gasteiger partial charge >= 0.3 is 0 Å². The molecule has 0 radical (unpaired) electrons. The summed E-state index contributed by atoms with van der Waals surface area (Å²) < 4.78 is 11.0. The van der Waals surface area contributed by atoms with Gasteiger partial charge in [0.15, 0.2) is 35.7 Å². The number of Topliss-reactive ketones (excluding diaryl/α,β-unsaturated/α-hetero) is 2. The van der Waals surface area contributed by atoms with Gasteiger partial charge in [-0.25, -0.2) is 0 Å². The molecule has 200 valence electrons. The number of carbonyl (C=O) groups excluding carboxylic acids is 2. The highest BCUT2D eigenvalue weighted by molar-refractivity contribution is 5.93. The van der Waals surface area contributed by atoms with E-state index in [0.29, 0.717) is 11.5 Å². The first kappa shape index (κ1) is 29.6. The van der Waals surface area contributed by atoms with Crippen molar-refractivity contribution in [3.05, 3.63) is 83.3 Å². The Morgan fingerprint density at radius 2 is 1.05 bits per heavy atom. The number of carbonyl (C=O) groups is 2. The zero-order valence-corrected chi connectivity index (χ0v) is 21.7. The van der Waals surface area contributed by atoms with Crippen molar-refractivity contribution in [1.29, 1.82) is 0 Å². The van der Waals surface area contributed by atoms with E-state index >= 15 is 0 Å². The predicted octanol–water partition coefficient (Wildman–Crippen LogP) is 5.03. The van der Waals surface area contributed by atoms with E-state index in [2.05, 4.69) is 13.8 Å². The van der Waals surface area contributed by atoms with E-state index in [4.69, 9.17) is 9.47 Å². The fourth-order valence-corrected chi connectivity index (χ4v) is 3.59. The SMILES string of the molecule is CC=C(O)C(=O)CCC(O)Oc1ccc(C(C)(C)c2ccc(OC(O)CCC(=O)C(O)=CC)cc2)cc1.